The van der Waals surface area contributed by atoms with E-state index in [9.17, 15) is 9.90 Å². The van der Waals surface area contributed by atoms with E-state index in [1.54, 1.807) is 6.20 Å². The van der Waals surface area contributed by atoms with Gasteiger partial charge in [-0.05, 0) is 92.5 Å². The lowest BCUT2D eigenvalue weighted by molar-refractivity contribution is -0.0254. The molecule has 0 atom stereocenters. The molecule has 1 aliphatic carbocycles. The molecule has 3 heterocycles. The van der Waals surface area contributed by atoms with Crippen molar-refractivity contribution in [1.82, 2.24) is 9.88 Å². The number of aromatic nitrogens is 1. The molecule has 2 fully saturated rings. The minimum absolute atomic E-state index is 0.00503. The number of hydrogen-bond acceptors (Lipinski definition) is 6. The van der Waals surface area contributed by atoms with Crippen LogP contribution in [-0.2, 0) is 16.8 Å². The number of ether oxygens (including phenoxy) is 2. The zero-order chi connectivity index (χ0) is 28.2. The van der Waals surface area contributed by atoms with Gasteiger partial charge in [-0.15, -0.1) is 0 Å². The summed E-state index contributed by atoms with van der Waals surface area (Å²) in [7, 11) is 0. The molecule has 6 rings (SSSR count). The monoisotopic (exact) mass is 572 g/mol. The highest BCUT2D eigenvalue weighted by Crippen LogP contribution is 2.40. The van der Waals surface area contributed by atoms with Crippen LogP contribution in [0.15, 0.2) is 66.9 Å². The van der Waals surface area contributed by atoms with Crippen molar-refractivity contribution in [3.63, 3.8) is 0 Å². The van der Waals surface area contributed by atoms with Crippen LogP contribution >= 0.6 is 11.6 Å². The summed E-state index contributed by atoms with van der Waals surface area (Å²) in [5.41, 5.74) is 3.59. The third kappa shape index (κ3) is 6.35. The van der Waals surface area contributed by atoms with E-state index >= 15 is 0 Å². The molecule has 6 nitrogen and oxygen atoms in total. The van der Waals surface area contributed by atoms with E-state index < -0.39 is 5.60 Å². The highest BCUT2D eigenvalue weighted by atomic mass is 35.5. The van der Waals surface area contributed by atoms with E-state index in [0.717, 1.165) is 74.0 Å². The van der Waals surface area contributed by atoms with Gasteiger partial charge < -0.3 is 19.5 Å². The summed E-state index contributed by atoms with van der Waals surface area (Å²) in [6.45, 7) is 2.53. The number of nitrogens with zero attached hydrogens (tertiary/aromatic N) is 2. The quantitative estimate of drug-likeness (QED) is 0.312. The summed E-state index contributed by atoms with van der Waals surface area (Å²) >= 11 is 6.04. The second-order valence-electron chi connectivity index (χ2n) is 11.5. The van der Waals surface area contributed by atoms with Gasteiger partial charge in [-0.3, -0.25) is 0 Å². The summed E-state index contributed by atoms with van der Waals surface area (Å²) in [6.07, 6.45) is 12.1. The number of pyridine rings is 1. The first-order valence-corrected chi connectivity index (χ1v) is 15.2. The van der Waals surface area contributed by atoms with Crippen molar-refractivity contribution in [3.8, 4) is 11.6 Å². The first-order chi connectivity index (χ1) is 20.0. The molecular weight excluding hydrogens is 536 g/mol. The molecule has 0 radical (unpaired) electrons. The smallest absolute Gasteiger partial charge is 0.338 e. The van der Waals surface area contributed by atoms with Crippen LogP contribution in [0.3, 0.4) is 0 Å². The highest BCUT2D eigenvalue weighted by Gasteiger charge is 2.34. The second-order valence-corrected chi connectivity index (χ2v) is 11.9. The molecule has 214 valence electrons. The lowest BCUT2D eigenvalue weighted by Gasteiger charge is -2.38. The van der Waals surface area contributed by atoms with Crippen LogP contribution in [-0.4, -0.2) is 46.7 Å². The van der Waals surface area contributed by atoms with Crippen molar-refractivity contribution < 1.29 is 19.4 Å². The molecular formula is C34H37ClN2O4. The normalized spacial score (nSPS) is 20.0. The van der Waals surface area contributed by atoms with E-state index in [-0.39, 0.29) is 12.1 Å². The standard InChI is InChI=1S/C34H37ClN2O4/c35-26-15-13-25(14-16-26)34(39)17-21-37(22-18-34)20-6-7-24-23-30-29(33(38)40-27-8-2-1-3-9-27)10-4-12-31(30)41-32-28(24)11-5-19-36-32/h4-5,7,10-16,19,27,39H,1-3,6,8-9,17-18,20-23H2. The molecule has 1 saturated heterocycles. The molecule has 2 aromatic carbocycles. The average molecular weight is 573 g/mol. The average Bonchev–Trinajstić information content (AvgIpc) is 3.15. The highest BCUT2D eigenvalue weighted by molar-refractivity contribution is 6.30. The number of carbonyl (C=O) groups is 1. The largest absolute Gasteiger partial charge is 0.459 e. The Hall–Kier alpha value is -3.19. The molecule has 1 N–H and O–H groups in total. The molecule has 2 aliphatic heterocycles. The van der Waals surface area contributed by atoms with E-state index in [1.165, 1.54) is 6.42 Å². The van der Waals surface area contributed by atoms with Crippen LogP contribution < -0.4 is 4.74 Å². The fourth-order valence-electron chi connectivity index (χ4n) is 6.34. The lowest BCUT2D eigenvalue weighted by Crippen LogP contribution is -2.42. The zero-order valence-electron chi connectivity index (χ0n) is 23.4. The minimum Gasteiger partial charge on any atom is -0.459 e. The van der Waals surface area contributed by atoms with Gasteiger partial charge in [-0.2, -0.15) is 0 Å². The van der Waals surface area contributed by atoms with Crippen LogP contribution in [0.5, 0.6) is 11.6 Å². The Kier molecular flexibility index (Phi) is 8.42. The van der Waals surface area contributed by atoms with Gasteiger partial charge in [0.25, 0.3) is 0 Å². The first kappa shape index (κ1) is 28.0. The van der Waals surface area contributed by atoms with Gasteiger partial charge in [0, 0.05) is 48.4 Å². The van der Waals surface area contributed by atoms with Gasteiger partial charge in [0.15, 0.2) is 0 Å². The SMILES string of the molecule is O=C(OC1CCCCC1)c1cccc2c1CC(=CCCN1CCC(O)(c3ccc(Cl)cc3)CC1)c1cccnc1O2. The lowest BCUT2D eigenvalue weighted by atomic mass is 9.84. The third-order valence-electron chi connectivity index (χ3n) is 8.77. The Morgan fingerprint density at radius 2 is 1.85 bits per heavy atom. The zero-order valence-corrected chi connectivity index (χ0v) is 24.1. The minimum atomic E-state index is -0.810. The van der Waals surface area contributed by atoms with Gasteiger partial charge in [0.05, 0.1) is 11.2 Å². The Morgan fingerprint density at radius 3 is 2.63 bits per heavy atom. The molecule has 3 aliphatic rings. The fraction of sp³-hybridized carbons (Fsp3) is 0.412. The Labute approximate surface area is 247 Å². The molecule has 3 aromatic rings. The number of allylic oxidation sites excluding steroid dienone is 1. The van der Waals surface area contributed by atoms with Gasteiger partial charge in [-0.1, -0.05) is 42.3 Å². The predicted octanol–water partition coefficient (Wildman–Crippen LogP) is 7.33. The molecule has 41 heavy (non-hydrogen) atoms. The number of halogens is 1. The number of carbonyl (C=O) groups excluding carboxylic acids is 1. The van der Waals surface area contributed by atoms with E-state index in [4.69, 9.17) is 21.1 Å². The van der Waals surface area contributed by atoms with Crippen molar-refractivity contribution >= 4 is 23.1 Å². The molecule has 1 aromatic heterocycles. The summed E-state index contributed by atoms with van der Waals surface area (Å²) < 4.78 is 12.2. The second kappa shape index (κ2) is 12.4. The van der Waals surface area contributed by atoms with E-state index in [2.05, 4.69) is 16.0 Å². The van der Waals surface area contributed by atoms with Gasteiger partial charge in [0.1, 0.15) is 11.9 Å². The van der Waals surface area contributed by atoms with Gasteiger partial charge >= 0.3 is 5.97 Å². The summed E-state index contributed by atoms with van der Waals surface area (Å²) in [5, 5.41) is 11.9. The van der Waals surface area contributed by atoms with Crippen LogP contribution in [0.4, 0.5) is 0 Å². The third-order valence-corrected chi connectivity index (χ3v) is 9.02. The topological polar surface area (TPSA) is 71.9 Å². The molecule has 0 bridgehead atoms. The number of hydrogen-bond donors (Lipinski definition) is 1. The number of aliphatic hydroxyl groups is 1. The Balaban J connectivity index is 1.16. The van der Waals surface area contributed by atoms with Gasteiger partial charge in [-0.25, -0.2) is 9.78 Å². The molecule has 7 heteroatoms. The Bertz CT molecular complexity index is 1410. The first-order valence-electron chi connectivity index (χ1n) is 14.8. The number of esters is 1. The maximum atomic E-state index is 13.3. The van der Waals surface area contributed by atoms with Crippen molar-refractivity contribution in [2.45, 2.75) is 69.5 Å². The van der Waals surface area contributed by atoms with Crippen LogP contribution in [0.25, 0.3) is 5.57 Å². The van der Waals surface area contributed by atoms with Crippen LogP contribution in [0.1, 0.15) is 78.4 Å². The fourth-order valence-corrected chi connectivity index (χ4v) is 6.46. The summed E-state index contributed by atoms with van der Waals surface area (Å²) in [6, 6.07) is 17.1. The van der Waals surface area contributed by atoms with E-state index in [0.29, 0.717) is 41.5 Å². The molecule has 0 amide bonds. The van der Waals surface area contributed by atoms with Gasteiger partial charge in [0.2, 0.25) is 5.88 Å². The number of rotatable bonds is 6. The molecule has 1 saturated carbocycles. The molecule has 0 unspecified atom stereocenters. The Morgan fingerprint density at radius 1 is 1.07 bits per heavy atom. The van der Waals surface area contributed by atoms with Crippen molar-refractivity contribution in [3.05, 3.63) is 94.1 Å². The summed E-state index contributed by atoms with van der Waals surface area (Å²) in [4.78, 5) is 20.2. The maximum Gasteiger partial charge on any atom is 0.338 e. The van der Waals surface area contributed by atoms with Crippen LogP contribution in [0, 0.1) is 0 Å². The number of fused-ring (bicyclic) bond motifs is 2. The van der Waals surface area contributed by atoms with Crippen molar-refractivity contribution in [1.29, 1.82) is 0 Å². The van der Waals surface area contributed by atoms with Crippen molar-refractivity contribution in [2.75, 3.05) is 19.6 Å². The van der Waals surface area contributed by atoms with Crippen molar-refractivity contribution in [2.24, 2.45) is 0 Å². The number of benzene rings is 2. The van der Waals surface area contributed by atoms with E-state index in [1.807, 2.05) is 54.6 Å². The number of piperidine rings is 1. The summed E-state index contributed by atoms with van der Waals surface area (Å²) in [5.74, 6) is 0.947. The van der Waals surface area contributed by atoms with Crippen LogP contribution in [0.2, 0.25) is 5.02 Å². The number of likely N-dealkylation sites (tertiary alicyclic amines) is 1. The predicted molar refractivity (Wildman–Crippen MR) is 160 cm³/mol. The molecule has 0 spiro atoms. The maximum absolute atomic E-state index is 13.3.